The summed E-state index contributed by atoms with van der Waals surface area (Å²) in [5, 5.41) is 9.86. The molecule has 1 saturated heterocycles. The van der Waals surface area contributed by atoms with E-state index in [1.165, 1.54) is 23.9 Å². The van der Waals surface area contributed by atoms with Gasteiger partial charge in [-0.3, -0.25) is 9.80 Å². The summed E-state index contributed by atoms with van der Waals surface area (Å²) in [6.45, 7) is 0. The van der Waals surface area contributed by atoms with Crippen LogP contribution in [-0.2, 0) is 0 Å². The van der Waals surface area contributed by atoms with Crippen LogP contribution in [-0.4, -0.2) is 53.5 Å². The molecule has 5 N–H and O–H groups in total. The number of urea groups is 2. The summed E-state index contributed by atoms with van der Waals surface area (Å²) in [5.74, 6) is 0. The molecule has 4 amide bonds. The summed E-state index contributed by atoms with van der Waals surface area (Å²) in [6.07, 6.45) is -1.49. The van der Waals surface area contributed by atoms with Crippen molar-refractivity contribution in [1.29, 1.82) is 0 Å². The number of rotatable bonds is 1. The molecule has 1 fully saturated rings. The van der Waals surface area contributed by atoms with E-state index in [2.05, 4.69) is 5.32 Å². The molecular weight excluding hydrogens is 176 g/mol. The fraction of sp³-hybridized carbons (Fsp3) is 0.667. The van der Waals surface area contributed by atoms with E-state index in [-0.39, 0.29) is 6.03 Å². The van der Waals surface area contributed by atoms with Gasteiger partial charge in [-0.25, -0.2) is 9.59 Å². The smallest absolute Gasteiger partial charge is 0.327 e. The fourth-order valence-electron chi connectivity index (χ4n) is 1.23. The summed E-state index contributed by atoms with van der Waals surface area (Å²) in [4.78, 5) is 24.3. The summed E-state index contributed by atoms with van der Waals surface area (Å²) in [5.41, 5.74) is 4.90. The minimum absolute atomic E-state index is 0.307. The summed E-state index contributed by atoms with van der Waals surface area (Å²) >= 11 is 0. The van der Waals surface area contributed by atoms with Gasteiger partial charge in [-0.05, 0) is 0 Å². The topological polar surface area (TPSA) is 102 Å². The number of likely N-dealkylation sites (N-methyl/N-ethyl adjacent to an activating group) is 2. The van der Waals surface area contributed by atoms with Crippen molar-refractivity contribution in [3.05, 3.63) is 0 Å². The predicted molar refractivity (Wildman–Crippen MR) is 44.8 cm³/mol. The molecule has 1 rings (SSSR count). The molecule has 1 heterocycles. The average Bonchev–Trinajstić information content (AvgIpc) is 2.22. The van der Waals surface area contributed by atoms with E-state index in [0.29, 0.717) is 0 Å². The minimum atomic E-state index is -0.815. The highest BCUT2D eigenvalue weighted by Gasteiger charge is 2.45. The zero-order chi connectivity index (χ0) is 10.2. The van der Waals surface area contributed by atoms with E-state index in [4.69, 9.17) is 10.8 Å². The minimum Gasteiger partial charge on any atom is -0.424 e. The number of carbonyl (C=O) groups is 2. The van der Waals surface area contributed by atoms with Crippen molar-refractivity contribution in [2.45, 2.75) is 12.4 Å². The molecule has 1 aliphatic heterocycles. The largest absolute Gasteiger partial charge is 0.424 e. The zero-order valence-corrected chi connectivity index (χ0v) is 7.44. The summed E-state index contributed by atoms with van der Waals surface area (Å²) in [7, 11) is 3.01. The van der Waals surface area contributed by atoms with Gasteiger partial charge in [0, 0.05) is 14.1 Å². The standard InChI is InChI=1S/C6H12N4O3/c1-9-3(8-5(7)12)4(11)10(2)6(9)13/h3-4,11H,1-2H3,(H3,7,8,12)/p+1. The summed E-state index contributed by atoms with van der Waals surface area (Å²) in [6, 6.07) is -1.05. The molecule has 74 valence electrons. The van der Waals surface area contributed by atoms with Gasteiger partial charge in [0.05, 0.1) is 0 Å². The van der Waals surface area contributed by atoms with Crippen LogP contribution in [0.2, 0.25) is 0 Å². The van der Waals surface area contributed by atoms with Crippen LogP contribution in [0.4, 0.5) is 9.59 Å². The van der Waals surface area contributed by atoms with E-state index < -0.39 is 18.4 Å². The molecule has 2 unspecified atom stereocenters. The maximum Gasteiger partial charge on any atom is 0.327 e. The molecule has 0 saturated carbocycles. The van der Waals surface area contributed by atoms with Crippen molar-refractivity contribution in [1.82, 2.24) is 15.1 Å². The van der Waals surface area contributed by atoms with E-state index in [1.54, 1.807) is 0 Å². The molecule has 2 atom stereocenters. The van der Waals surface area contributed by atoms with Gasteiger partial charge in [0.15, 0.2) is 0 Å². The van der Waals surface area contributed by atoms with E-state index >= 15 is 0 Å². The number of nitrogens with two attached hydrogens (primary N) is 1. The number of carbonyl (C=O) groups excluding carboxylic acids is 2. The maximum atomic E-state index is 11.2. The fourth-order valence-corrected chi connectivity index (χ4v) is 1.23. The summed E-state index contributed by atoms with van der Waals surface area (Å²) < 4.78 is 0. The number of nitrogens with zero attached hydrogens (tertiary/aromatic N) is 2. The number of nitrogens with one attached hydrogen (secondary N) is 1. The Balaban J connectivity index is 2.75. The van der Waals surface area contributed by atoms with E-state index in [1.807, 2.05) is 0 Å². The quantitative estimate of drug-likeness (QED) is 0.467. The number of amides is 4. The first-order valence-corrected chi connectivity index (χ1v) is 3.72. The Morgan fingerprint density at radius 3 is 2.38 bits per heavy atom. The van der Waals surface area contributed by atoms with Gasteiger partial charge in [-0.2, -0.15) is 0 Å². The maximum absolute atomic E-state index is 11.2. The van der Waals surface area contributed by atoms with Crippen molar-refractivity contribution >= 4 is 12.1 Å². The third-order valence-electron chi connectivity index (χ3n) is 2.03. The molecule has 7 heteroatoms. The lowest BCUT2D eigenvalue weighted by Crippen LogP contribution is -2.51. The Hall–Kier alpha value is -1.50. The van der Waals surface area contributed by atoms with Gasteiger partial charge in [0.2, 0.25) is 6.17 Å². The molecule has 13 heavy (non-hydrogen) atoms. The highest BCUT2D eigenvalue weighted by atomic mass is 16.3. The lowest BCUT2D eigenvalue weighted by Gasteiger charge is -2.17. The lowest BCUT2D eigenvalue weighted by molar-refractivity contribution is 0.0399. The highest BCUT2D eigenvalue weighted by molar-refractivity contribution is 5.79. The molecule has 7 nitrogen and oxygen atoms in total. The first-order chi connectivity index (χ1) is 5.95. The molecule has 1 aliphatic rings. The Bertz CT molecular complexity index is 244. The van der Waals surface area contributed by atoms with Gasteiger partial charge in [-0.1, -0.05) is 0 Å². The zero-order valence-electron chi connectivity index (χ0n) is 7.44. The Kier molecular flexibility index (Phi) is 2.28. The molecule has 0 spiro atoms. The van der Waals surface area contributed by atoms with Gasteiger partial charge in [-0.15, -0.1) is 0 Å². The molecule has 0 radical (unpaired) electrons. The van der Waals surface area contributed by atoms with Crippen LogP contribution >= 0.6 is 0 Å². The highest BCUT2D eigenvalue weighted by Crippen LogP contribution is 2.15. The number of hydrogen-bond donors (Lipinski definition) is 2. The van der Waals surface area contributed by atoms with Crippen molar-refractivity contribution in [3.8, 4) is 0 Å². The van der Waals surface area contributed by atoms with E-state index in [9.17, 15) is 9.59 Å². The molecule has 0 aromatic rings. The van der Waals surface area contributed by atoms with Crippen LogP contribution < -0.4 is 11.1 Å². The second kappa shape index (κ2) is 3.09. The molecule has 0 bridgehead atoms. The Morgan fingerprint density at radius 1 is 1.54 bits per heavy atom. The molecule has 0 aromatic carbocycles. The Labute approximate surface area is 75.1 Å². The monoisotopic (exact) mass is 189 g/mol. The average molecular weight is 189 g/mol. The Morgan fingerprint density at radius 2 is 2.08 bits per heavy atom. The van der Waals surface area contributed by atoms with Crippen LogP contribution in [0.1, 0.15) is 0 Å². The lowest BCUT2D eigenvalue weighted by atomic mass is 10.4. The van der Waals surface area contributed by atoms with Crippen LogP contribution in [0.3, 0.4) is 0 Å². The van der Waals surface area contributed by atoms with Crippen molar-refractivity contribution in [2.75, 3.05) is 14.1 Å². The first kappa shape index (κ1) is 9.59. The van der Waals surface area contributed by atoms with Crippen LogP contribution in [0, 0.1) is 0 Å². The van der Waals surface area contributed by atoms with Crippen LogP contribution in [0.15, 0.2) is 0 Å². The molecule has 0 aliphatic carbocycles. The van der Waals surface area contributed by atoms with Crippen molar-refractivity contribution in [3.63, 3.8) is 0 Å². The first-order valence-electron chi connectivity index (χ1n) is 3.72. The van der Waals surface area contributed by atoms with Crippen molar-refractivity contribution in [2.24, 2.45) is 5.73 Å². The second-order valence-electron chi connectivity index (χ2n) is 2.90. The number of primary amides is 1. The number of hydrogen-bond acceptors (Lipinski definition) is 2. The van der Waals surface area contributed by atoms with Crippen molar-refractivity contribution < 1.29 is 14.7 Å². The van der Waals surface area contributed by atoms with Gasteiger partial charge < -0.3 is 16.2 Å². The van der Waals surface area contributed by atoms with Gasteiger partial charge in [0.1, 0.15) is 0 Å². The second-order valence-corrected chi connectivity index (χ2v) is 2.90. The third-order valence-corrected chi connectivity index (χ3v) is 2.03. The third kappa shape index (κ3) is 1.50. The van der Waals surface area contributed by atoms with Crippen LogP contribution in [0.25, 0.3) is 0 Å². The van der Waals surface area contributed by atoms with Gasteiger partial charge >= 0.3 is 12.1 Å². The van der Waals surface area contributed by atoms with E-state index in [0.717, 1.165) is 0 Å². The SMILES string of the molecule is CN1C(=O)N(C)C(NC(N)=O)C1[OH2+]. The molecule has 0 aromatic heterocycles. The predicted octanol–water partition coefficient (Wildman–Crippen LogP) is -1.97. The van der Waals surface area contributed by atoms with Crippen LogP contribution in [0.5, 0.6) is 0 Å². The normalized spacial score (nSPS) is 28.1. The molecular formula is C6H13N4O3+. The van der Waals surface area contributed by atoms with Gasteiger partial charge in [0.25, 0.3) is 6.23 Å².